The van der Waals surface area contributed by atoms with Gasteiger partial charge in [-0.1, -0.05) is 24.3 Å². The van der Waals surface area contributed by atoms with Crippen molar-refractivity contribution in [3.63, 3.8) is 0 Å². The highest BCUT2D eigenvalue weighted by atomic mass is 16.6. The summed E-state index contributed by atoms with van der Waals surface area (Å²) in [4.78, 5) is 17.9. The Morgan fingerprint density at radius 2 is 1.97 bits per heavy atom. The highest BCUT2D eigenvalue weighted by Gasteiger charge is 2.31. The summed E-state index contributed by atoms with van der Waals surface area (Å²) in [6.07, 6.45) is 5.75. The third kappa shape index (κ3) is 3.27. The minimum atomic E-state index is -0.0948. The van der Waals surface area contributed by atoms with E-state index in [9.17, 15) is 4.79 Å². The number of carbonyl (C=O) groups is 1. The molecule has 0 saturated heterocycles. The largest absolute Gasteiger partial charge is 0.488 e. The van der Waals surface area contributed by atoms with Crippen molar-refractivity contribution in [3.05, 3.63) is 59.8 Å². The molecular weight excluding hydrogens is 392 g/mol. The molecule has 6 nitrogen and oxygen atoms in total. The number of ketones is 1. The van der Waals surface area contributed by atoms with Gasteiger partial charge in [0.1, 0.15) is 12.7 Å². The Morgan fingerprint density at radius 3 is 2.87 bits per heavy atom. The molecule has 1 aromatic heterocycles. The lowest BCUT2D eigenvalue weighted by Gasteiger charge is -2.34. The number of benzene rings is 2. The summed E-state index contributed by atoms with van der Waals surface area (Å²) in [6, 6.07) is 12.0. The Kier molecular flexibility index (Phi) is 4.46. The van der Waals surface area contributed by atoms with Crippen molar-refractivity contribution in [2.75, 3.05) is 32.8 Å². The van der Waals surface area contributed by atoms with Gasteiger partial charge in [0, 0.05) is 48.7 Å². The quantitative estimate of drug-likeness (QED) is 0.698. The fourth-order valence-corrected chi connectivity index (χ4v) is 4.73. The summed E-state index contributed by atoms with van der Waals surface area (Å²) < 4.78 is 18.0. The molecule has 3 aliphatic rings. The van der Waals surface area contributed by atoms with Gasteiger partial charge in [0.2, 0.25) is 5.75 Å². The summed E-state index contributed by atoms with van der Waals surface area (Å²) in [6.45, 7) is 3.51. The van der Waals surface area contributed by atoms with E-state index >= 15 is 0 Å². The number of aromatic amines is 1. The van der Waals surface area contributed by atoms with E-state index in [1.165, 1.54) is 22.0 Å². The van der Waals surface area contributed by atoms with Crippen LogP contribution in [0.15, 0.2) is 48.7 Å². The predicted molar refractivity (Wildman–Crippen MR) is 118 cm³/mol. The SMILES string of the molecule is O=C1CCOc2c1ccc1c2O[C@@H](CN2CC=C(c3c[nH]c4ccccc34)CC2)CO1. The van der Waals surface area contributed by atoms with Crippen LogP contribution in [0.4, 0.5) is 0 Å². The average molecular weight is 416 g/mol. The van der Waals surface area contributed by atoms with Crippen molar-refractivity contribution in [3.8, 4) is 17.2 Å². The second kappa shape index (κ2) is 7.46. The molecule has 0 unspecified atom stereocenters. The average Bonchev–Trinajstić information content (AvgIpc) is 3.24. The van der Waals surface area contributed by atoms with Gasteiger partial charge in [-0.25, -0.2) is 0 Å². The van der Waals surface area contributed by atoms with Crippen LogP contribution < -0.4 is 14.2 Å². The lowest BCUT2D eigenvalue weighted by molar-refractivity contribution is 0.0563. The standard InChI is InChI=1S/C25H24N2O4/c28-22-9-12-29-24-19(22)5-6-23-25(24)31-17(15-30-23)14-27-10-7-16(8-11-27)20-13-26-21-4-2-1-3-18(20)21/h1-7,13,17,26H,8-12,14-15H2/t17-/m0/s1. The first-order valence-electron chi connectivity index (χ1n) is 10.9. The normalized spacial score (nSPS) is 20.8. The van der Waals surface area contributed by atoms with Crippen LogP contribution in [-0.4, -0.2) is 54.6 Å². The maximum Gasteiger partial charge on any atom is 0.204 e. The first-order valence-corrected chi connectivity index (χ1v) is 10.9. The van der Waals surface area contributed by atoms with E-state index in [0.717, 1.165) is 26.1 Å². The molecule has 0 spiro atoms. The molecule has 158 valence electrons. The van der Waals surface area contributed by atoms with E-state index in [-0.39, 0.29) is 11.9 Å². The van der Waals surface area contributed by atoms with Crippen molar-refractivity contribution >= 4 is 22.3 Å². The molecule has 3 aliphatic heterocycles. The topological polar surface area (TPSA) is 63.8 Å². The number of hydrogen-bond acceptors (Lipinski definition) is 5. The summed E-state index contributed by atoms with van der Waals surface area (Å²) in [7, 11) is 0. The third-order valence-electron chi connectivity index (χ3n) is 6.35. The van der Waals surface area contributed by atoms with Crippen LogP contribution in [0.3, 0.4) is 0 Å². The molecule has 6 heteroatoms. The predicted octanol–water partition coefficient (Wildman–Crippen LogP) is 4.06. The second-order valence-corrected chi connectivity index (χ2v) is 8.33. The van der Waals surface area contributed by atoms with E-state index in [1.807, 2.05) is 6.07 Å². The van der Waals surface area contributed by atoms with Crippen molar-refractivity contribution in [1.29, 1.82) is 0 Å². The van der Waals surface area contributed by atoms with Crippen LogP contribution in [0.25, 0.3) is 16.5 Å². The van der Waals surface area contributed by atoms with Crippen LogP contribution >= 0.6 is 0 Å². The Hall–Kier alpha value is -3.25. The molecule has 0 saturated carbocycles. The molecule has 31 heavy (non-hydrogen) atoms. The molecule has 0 aliphatic carbocycles. The Morgan fingerprint density at radius 1 is 1.03 bits per heavy atom. The molecule has 6 rings (SSSR count). The fourth-order valence-electron chi connectivity index (χ4n) is 4.73. The summed E-state index contributed by atoms with van der Waals surface area (Å²) in [5.41, 5.74) is 4.46. The summed E-state index contributed by atoms with van der Waals surface area (Å²) in [5, 5.41) is 1.28. The van der Waals surface area contributed by atoms with E-state index in [0.29, 0.717) is 42.4 Å². The van der Waals surface area contributed by atoms with Crippen LogP contribution in [-0.2, 0) is 0 Å². The number of ether oxygens (including phenoxy) is 3. The van der Waals surface area contributed by atoms with Gasteiger partial charge in [-0.05, 0) is 30.2 Å². The zero-order chi connectivity index (χ0) is 20.8. The number of H-pyrrole nitrogens is 1. The second-order valence-electron chi connectivity index (χ2n) is 8.33. The number of hydrogen-bond donors (Lipinski definition) is 1. The highest BCUT2D eigenvalue weighted by molar-refractivity contribution is 6.01. The van der Waals surface area contributed by atoms with E-state index in [2.05, 4.69) is 46.4 Å². The molecule has 3 aromatic rings. The number of nitrogens with zero attached hydrogens (tertiary/aromatic N) is 1. The lowest BCUT2D eigenvalue weighted by atomic mass is 9.99. The number of fused-ring (bicyclic) bond motifs is 4. The lowest BCUT2D eigenvalue weighted by Crippen LogP contribution is -2.42. The minimum absolute atomic E-state index is 0.0948. The van der Waals surface area contributed by atoms with Crippen molar-refractivity contribution < 1.29 is 19.0 Å². The molecule has 2 aromatic carbocycles. The number of carbonyl (C=O) groups excluding carboxylic acids is 1. The molecular formula is C25H24N2O4. The molecule has 0 amide bonds. The Labute approximate surface area is 180 Å². The van der Waals surface area contributed by atoms with Gasteiger partial charge in [-0.2, -0.15) is 0 Å². The number of rotatable bonds is 3. The van der Waals surface area contributed by atoms with Crippen LogP contribution in [0, 0.1) is 0 Å². The molecule has 4 heterocycles. The molecule has 0 radical (unpaired) electrons. The molecule has 1 N–H and O–H groups in total. The first kappa shape index (κ1) is 18.5. The summed E-state index contributed by atoms with van der Waals surface area (Å²) in [5.74, 6) is 1.87. The van der Waals surface area contributed by atoms with Gasteiger partial charge in [0.05, 0.1) is 12.2 Å². The number of para-hydroxylation sites is 1. The minimum Gasteiger partial charge on any atom is -0.488 e. The first-order chi connectivity index (χ1) is 15.3. The smallest absolute Gasteiger partial charge is 0.204 e. The van der Waals surface area contributed by atoms with Gasteiger partial charge in [0.15, 0.2) is 17.3 Å². The fraction of sp³-hybridized carbons (Fsp3) is 0.320. The Bertz CT molecular complexity index is 1200. The van der Waals surface area contributed by atoms with Gasteiger partial charge in [-0.3, -0.25) is 9.69 Å². The van der Waals surface area contributed by atoms with E-state index < -0.39 is 0 Å². The van der Waals surface area contributed by atoms with Crippen molar-refractivity contribution in [2.45, 2.75) is 18.9 Å². The van der Waals surface area contributed by atoms with Crippen molar-refractivity contribution in [2.24, 2.45) is 0 Å². The maximum atomic E-state index is 12.2. The zero-order valence-corrected chi connectivity index (χ0v) is 17.2. The van der Waals surface area contributed by atoms with Crippen LogP contribution in [0.5, 0.6) is 17.2 Å². The van der Waals surface area contributed by atoms with Crippen molar-refractivity contribution in [1.82, 2.24) is 9.88 Å². The van der Waals surface area contributed by atoms with Gasteiger partial charge < -0.3 is 19.2 Å². The van der Waals surface area contributed by atoms with Gasteiger partial charge >= 0.3 is 0 Å². The highest BCUT2D eigenvalue weighted by Crippen LogP contribution is 2.44. The van der Waals surface area contributed by atoms with Crippen LogP contribution in [0.1, 0.15) is 28.8 Å². The van der Waals surface area contributed by atoms with Gasteiger partial charge in [-0.15, -0.1) is 0 Å². The number of aromatic nitrogens is 1. The van der Waals surface area contributed by atoms with Gasteiger partial charge in [0.25, 0.3) is 0 Å². The van der Waals surface area contributed by atoms with E-state index in [1.54, 1.807) is 6.07 Å². The molecule has 0 bridgehead atoms. The molecule has 1 atom stereocenters. The third-order valence-corrected chi connectivity index (χ3v) is 6.35. The van der Waals surface area contributed by atoms with Crippen LogP contribution in [0.2, 0.25) is 0 Å². The molecule has 0 fully saturated rings. The number of nitrogens with one attached hydrogen (secondary N) is 1. The summed E-state index contributed by atoms with van der Waals surface area (Å²) >= 11 is 0. The van der Waals surface area contributed by atoms with E-state index in [4.69, 9.17) is 14.2 Å². The zero-order valence-electron chi connectivity index (χ0n) is 17.2. The monoisotopic (exact) mass is 416 g/mol. The number of Topliss-reactive ketones (excluding diaryl/α,β-unsaturated/α-hetero) is 1. The Balaban J connectivity index is 1.16. The maximum absolute atomic E-state index is 12.2.